The normalized spacial score (nSPS) is 23.6. The molecule has 1 aliphatic carbocycles. The minimum absolute atomic E-state index is 0.0235. The highest BCUT2D eigenvalue weighted by molar-refractivity contribution is 5.86. The zero-order valence-electron chi connectivity index (χ0n) is 12.2. The topological polar surface area (TPSA) is 75.2 Å². The standard InChI is InChI=1S/C13H24N4O3/c1-14-13(15-7-12(18)16-10-3-4-10)17-5-6-20-11(8-17)9-19-2/h10-11H,3-9H2,1-2H3,(H,14,15)(H,16,18). The number of ether oxygens (including phenoxy) is 2. The SMILES string of the molecule is CN=C(NCC(=O)NC1CC1)N1CCOC(COC)C1. The Morgan fingerprint density at radius 1 is 1.50 bits per heavy atom. The maximum atomic E-state index is 11.7. The van der Waals surface area contributed by atoms with Crippen LogP contribution in [0.5, 0.6) is 0 Å². The number of hydrogen-bond donors (Lipinski definition) is 2. The van der Waals surface area contributed by atoms with E-state index in [0.717, 1.165) is 31.9 Å². The fourth-order valence-corrected chi connectivity index (χ4v) is 2.20. The zero-order valence-corrected chi connectivity index (χ0v) is 12.2. The molecule has 1 amide bonds. The van der Waals surface area contributed by atoms with E-state index in [1.807, 2.05) is 0 Å². The van der Waals surface area contributed by atoms with Crippen LogP contribution in [0.2, 0.25) is 0 Å². The number of amides is 1. The van der Waals surface area contributed by atoms with Crippen LogP contribution in [0.15, 0.2) is 4.99 Å². The number of aliphatic imine (C=N–C) groups is 1. The summed E-state index contributed by atoms with van der Waals surface area (Å²) in [5, 5.41) is 6.05. The second-order valence-electron chi connectivity index (χ2n) is 5.14. The Labute approximate surface area is 119 Å². The summed E-state index contributed by atoms with van der Waals surface area (Å²) in [4.78, 5) is 18.0. The molecule has 7 nitrogen and oxygen atoms in total. The van der Waals surface area contributed by atoms with Gasteiger partial charge in [-0.15, -0.1) is 0 Å². The molecule has 7 heteroatoms. The number of methoxy groups -OCH3 is 1. The van der Waals surface area contributed by atoms with Crippen molar-refractivity contribution in [3.8, 4) is 0 Å². The maximum Gasteiger partial charge on any atom is 0.239 e. The largest absolute Gasteiger partial charge is 0.382 e. The first-order chi connectivity index (χ1) is 9.72. The Hall–Kier alpha value is -1.34. The van der Waals surface area contributed by atoms with Crippen molar-refractivity contribution in [1.82, 2.24) is 15.5 Å². The fraction of sp³-hybridized carbons (Fsp3) is 0.846. The average molecular weight is 284 g/mol. The summed E-state index contributed by atoms with van der Waals surface area (Å²) in [6.07, 6.45) is 2.25. The molecule has 0 aromatic carbocycles. The van der Waals surface area contributed by atoms with Gasteiger partial charge >= 0.3 is 0 Å². The van der Waals surface area contributed by atoms with Crippen molar-refractivity contribution in [2.24, 2.45) is 4.99 Å². The number of guanidine groups is 1. The van der Waals surface area contributed by atoms with Gasteiger partial charge in [-0.1, -0.05) is 0 Å². The Morgan fingerprint density at radius 2 is 2.30 bits per heavy atom. The van der Waals surface area contributed by atoms with Gasteiger partial charge in [-0.05, 0) is 12.8 Å². The number of nitrogens with zero attached hydrogens (tertiary/aromatic N) is 2. The molecule has 1 heterocycles. The van der Waals surface area contributed by atoms with Gasteiger partial charge in [0.25, 0.3) is 0 Å². The third kappa shape index (κ3) is 4.64. The van der Waals surface area contributed by atoms with Gasteiger partial charge in [0.15, 0.2) is 5.96 Å². The van der Waals surface area contributed by atoms with Gasteiger partial charge in [0.05, 0.1) is 25.9 Å². The van der Waals surface area contributed by atoms with Crippen molar-refractivity contribution >= 4 is 11.9 Å². The molecule has 2 fully saturated rings. The average Bonchev–Trinajstić information content (AvgIpc) is 3.24. The Bertz CT molecular complexity index is 356. The number of morpholine rings is 1. The minimum Gasteiger partial charge on any atom is -0.382 e. The molecule has 20 heavy (non-hydrogen) atoms. The third-order valence-electron chi connectivity index (χ3n) is 3.35. The number of hydrogen-bond acceptors (Lipinski definition) is 4. The number of carbonyl (C=O) groups is 1. The third-order valence-corrected chi connectivity index (χ3v) is 3.35. The van der Waals surface area contributed by atoms with Crippen LogP contribution in [0.25, 0.3) is 0 Å². The molecule has 114 valence electrons. The highest BCUT2D eigenvalue weighted by Gasteiger charge is 2.25. The van der Waals surface area contributed by atoms with Crippen molar-refractivity contribution in [3.05, 3.63) is 0 Å². The lowest BCUT2D eigenvalue weighted by atomic mass is 10.3. The van der Waals surface area contributed by atoms with E-state index in [0.29, 0.717) is 19.3 Å². The molecule has 0 aromatic rings. The fourth-order valence-electron chi connectivity index (χ4n) is 2.20. The van der Waals surface area contributed by atoms with Crippen molar-refractivity contribution in [1.29, 1.82) is 0 Å². The predicted molar refractivity (Wildman–Crippen MR) is 75.7 cm³/mol. The van der Waals surface area contributed by atoms with Crippen LogP contribution >= 0.6 is 0 Å². The first-order valence-electron chi connectivity index (χ1n) is 7.08. The van der Waals surface area contributed by atoms with Gasteiger partial charge in [0, 0.05) is 33.3 Å². The molecule has 0 radical (unpaired) electrons. The minimum atomic E-state index is 0.0235. The summed E-state index contributed by atoms with van der Waals surface area (Å²) in [7, 11) is 3.39. The van der Waals surface area contributed by atoms with Crippen LogP contribution in [-0.2, 0) is 14.3 Å². The quantitative estimate of drug-likeness (QED) is 0.510. The van der Waals surface area contributed by atoms with Crippen LogP contribution in [-0.4, -0.2) is 75.9 Å². The Kier molecular flexibility index (Phi) is 5.60. The van der Waals surface area contributed by atoms with Gasteiger partial charge in [0.1, 0.15) is 0 Å². The Balaban J connectivity index is 1.76. The molecule has 1 aliphatic heterocycles. The molecule has 0 bridgehead atoms. The molecule has 0 spiro atoms. The van der Waals surface area contributed by atoms with Crippen LogP contribution in [0, 0.1) is 0 Å². The van der Waals surface area contributed by atoms with Gasteiger partial charge in [-0.25, -0.2) is 0 Å². The van der Waals surface area contributed by atoms with Gasteiger partial charge < -0.3 is 25.0 Å². The van der Waals surface area contributed by atoms with Crippen LogP contribution in [0.1, 0.15) is 12.8 Å². The first kappa shape index (κ1) is 15.1. The van der Waals surface area contributed by atoms with Gasteiger partial charge in [-0.3, -0.25) is 9.79 Å². The van der Waals surface area contributed by atoms with E-state index in [9.17, 15) is 4.79 Å². The highest BCUT2D eigenvalue weighted by atomic mass is 16.5. The molecule has 2 N–H and O–H groups in total. The van der Waals surface area contributed by atoms with E-state index in [1.165, 1.54) is 0 Å². The molecule has 2 rings (SSSR count). The molecule has 2 aliphatic rings. The van der Waals surface area contributed by atoms with Crippen LogP contribution < -0.4 is 10.6 Å². The highest BCUT2D eigenvalue weighted by Crippen LogP contribution is 2.18. The first-order valence-corrected chi connectivity index (χ1v) is 7.08. The maximum absolute atomic E-state index is 11.7. The number of carbonyl (C=O) groups excluding carboxylic acids is 1. The lowest BCUT2D eigenvalue weighted by molar-refractivity contribution is -0.120. The van der Waals surface area contributed by atoms with E-state index in [2.05, 4.69) is 20.5 Å². The van der Waals surface area contributed by atoms with Crippen molar-refractivity contribution in [3.63, 3.8) is 0 Å². The van der Waals surface area contributed by atoms with Gasteiger partial charge in [0.2, 0.25) is 5.91 Å². The van der Waals surface area contributed by atoms with E-state index < -0.39 is 0 Å². The van der Waals surface area contributed by atoms with Crippen LogP contribution in [0.3, 0.4) is 0 Å². The summed E-state index contributed by atoms with van der Waals surface area (Å²) in [6.45, 7) is 2.95. The van der Waals surface area contributed by atoms with E-state index >= 15 is 0 Å². The zero-order chi connectivity index (χ0) is 14.4. The van der Waals surface area contributed by atoms with Crippen molar-refractivity contribution < 1.29 is 14.3 Å². The molecule has 1 unspecified atom stereocenters. The molecular weight excluding hydrogens is 260 g/mol. The molecular formula is C13H24N4O3. The number of nitrogens with one attached hydrogen (secondary N) is 2. The van der Waals surface area contributed by atoms with Crippen molar-refractivity contribution in [2.75, 3.05) is 47.0 Å². The summed E-state index contributed by atoms with van der Waals surface area (Å²) in [6, 6.07) is 0.390. The summed E-state index contributed by atoms with van der Waals surface area (Å²) < 4.78 is 10.7. The smallest absolute Gasteiger partial charge is 0.239 e. The molecule has 1 atom stereocenters. The molecule has 0 aromatic heterocycles. The van der Waals surface area contributed by atoms with E-state index in [4.69, 9.17) is 9.47 Å². The van der Waals surface area contributed by atoms with Crippen molar-refractivity contribution in [2.45, 2.75) is 25.0 Å². The Morgan fingerprint density at radius 3 is 2.95 bits per heavy atom. The second-order valence-corrected chi connectivity index (χ2v) is 5.14. The van der Waals surface area contributed by atoms with E-state index in [-0.39, 0.29) is 18.6 Å². The summed E-state index contributed by atoms with van der Waals surface area (Å²) in [5.41, 5.74) is 0. The van der Waals surface area contributed by atoms with Gasteiger partial charge in [-0.2, -0.15) is 0 Å². The lowest BCUT2D eigenvalue weighted by Gasteiger charge is -2.34. The lowest BCUT2D eigenvalue weighted by Crippen LogP contribution is -2.53. The summed E-state index contributed by atoms with van der Waals surface area (Å²) in [5.74, 6) is 0.760. The summed E-state index contributed by atoms with van der Waals surface area (Å²) >= 11 is 0. The monoisotopic (exact) mass is 284 g/mol. The number of rotatable bonds is 5. The second kappa shape index (κ2) is 7.44. The molecule has 1 saturated carbocycles. The predicted octanol–water partition coefficient (Wildman–Crippen LogP) is -0.812. The molecule has 1 saturated heterocycles. The van der Waals surface area contributed by atoms with Crippen LogP contribution in [0.4, 0.5) is 0 Å². The van der Waals surface area contributed by atoms with E-state index in [1.54, 1.807) is 14.2 Å².